The van der Waals surface area contributed by atoms with Crippen molar-refractivity contribution < 1.29 is 14.3 Å². The number of esters is 1. The molecular weight excluding hydrogens is 192 g/mol. The Balaban J connectivity index is 2.48. The minimum Gasteiger partial charge on any atom is -0.456 e. The second-order valence-electron chi connectivity index (χ2n) is 4.26. The topological polar surface area (TPSA) is 35.5 Å². The Bertz CT molecular complexity index is 241. The molecule has 0 spiro atoms. The highest BCUT2D eigenvalue weighted by molar-refractivity contribution is 5.82. The monoisotopic (exact) mass is 212 g/mol. The van der Waals surface area contributed by atoms with Crippen LogP contribution in [0.4, 0.5) is 0 Å². The van der Waals surface area contributed by atoms with Gasteiger partial charge in [-0.15, -0.1) is 0 Å². The van der Waals surface area contributed by atoms with E-state index in [1.165, 1.54) is 6.08 Å². The Morgan fingerprint density at radius 3 is 2.33 bits per heavy atom. The van der Waals surface area contributed by atoms with Gasteiger partial charge in [0.15, 0.2) is 0 Å². The van der Waals surface area contributed by atoms with Crippen molar-refractivity contribution in [3.63, 3.8) is 0 Å². The molecule has 0 aliphatic heterocycles. The summed E-state index contributed by atoms with van der Waals surface area (Å²) >= 11 is 0. The first kappa shape index (κ1) is 12.2. The first-order valence-corrected chi connectivity index (χ1v) is 5.52. The summed E-state index contributed by atoms with van der Waals surface area (Å²) in [5.74, 6) is -0.246. The molecule has 15 heavy (non-hydrogen) atoms. The van der Waals surface area contributed by atoms with E-state index in [4.69, 9.17) is 9.47 Å². The molecule has 0 heterocycles. The van der Waals surface area contributed by atoms with Gasteiger partial charge in [-0.05, 0) is 33.1 Å². The van der Waals surface area contributed by atoms with Crippen molar-refractivity contribution in [3.05, 3.63) is 11.6 Å². The van der Waals surface area contributed by atoms with E-state index in [2.05, 4.69) is 0 Å². The molecule has 0 amide bonds. The molecule has 3 nitrogen and oxygen atoms in total. The van der Waals surface area contributed by atoms with Crippen molar-refractivity contribution in [2.75, 3.05) is 7.11 Å². The number of hydrogen-bond acceptors (Lipinski definition) is 3. The van der Waals surface area contributed by atoms with Gasteiger partial charge in [0.25, 0.3) is 0 Å². The quantitative estimate of drug-likeness (QED) is 0.532. The van der Waals surface area contributed by atoms with Crippen molar-refractivity contribution in [2.45, 2.75) is 51.7 Å². The summed E-state index contributed by atoms with van der Waals surface area (Å²) in [5.41, 5.74) is 0.963. The van der Waals surface area contributed by atoms with E-state index in [1.807, 2.05) is 13.8 Å². The smallest absolute Gasteiger partial charge is 0.331 e. The van der Waals surface area contributed by atoms with Gasteiger partial charge in [-0.1, -0.05) is 12.0 Å². The third-order valence-electron chi connectivity index (χ3n) is 2.62. The predicted molar refractivity (Wildman–Crippen MR) is 58.6 cm³/mol. The molecule has 0 bridgehead atoms. The summed E-state index contributed by atoms with van der Waals surface area (Å²) in [6.45, 7) is 3.77. The molecule has 86 valence electrons. The molecule has 1 aliphatic carbocycles. The van der Waals surface area contributed by atoms with Gasteiger partial charge in [-0.2, -0.15) is 0 Å². The van der Waals surface area contributed by atoms with Crippen LogP contribution in [-0.2, 0) is 14.3 Å². The molecular formula is C12H20O3. The molecule has 3 heteroatoms. The van der Waals surface area contributed by atoms with Crippen molar-refractivity contribution in [1.29, 1.82) is 0 Å². The normalized spacial score (nSPS) is 25.8. The molecule has 1 fully saturated rings. The van der Waals surface area contributed by atoms with Gasteiger partial charge in [0.1, 0.15) is 6.10 Å². The fourth-order valence-corrected chi connectivity index (χ4v) is 1.89. The fourth-order valence-electron chi connectivity index (χ4n) is 1.89. The van der Waals surface area contributed by atoms with Gasteiger partial charge in [0.2, 0.25) is 0 Å². The molecule has 2 atom stereocenters. The van der Waals surface area contributed by atoms with Crippen LogP contribution in [0.3, 0.4) is 0 Å². The van der Waals surface area contributed by atoms with Crippen LogP contribution >= 0.6 is 0 Å². The zero-order chi connectivity index (χ0) is 11.3. The number of carbonyl (C=O) groups is 1. The SMILES string of the molecule is COC1CCCCC1OC(=O)C=C(C)C. The van der Waals surface area contributed by atoms with Gasteiger partial charge < -0.3 is 9.47 Å². The van der Waals surface area contributed by atoms with Gasteiger partial charge in [-0.3, -0.25) is 0 Å². The van der Waals surface area contributed by atoms with Crippen LogP contribution in [-0.4, -0.2) is 25.3 Å². The Morgan fingerprint density at radius 2 is 1.80 bits per heavy atom. The summed E-state index contributed by atoms with van der Waals surface area (Å²) in [7, 11) is 1.68. The van der Waals surface area contributed by atoms with Gasteiger partial charge >= 0.3 is 5.97 Å². The Hall–Kier alpha value is -0.830. The van der Waals surface area contributed by atoms with Crippen LogP contribution in [0, 0.1) is 0 Å². The van der Waals surface area contributed by atoms with Crippen molar-refractivity contribution in [2.24, 2.45) is 0 Å². The standard InChI is InChI=1S/C12H20O3/c1-9(2)8-12(13)15-11-7-5-4-6-10(11)14-3/h8,10-11H,4-7H2,1-3H3. The maximum atomic E-state index is 11.4. The fraction of sp³-hybridized carbons (Fsp3) is 0.750. The minimum atomic E-state index is -0.246. The second-order valence-corrected chi connectivity index (χ2v) is 4.26. The number of allylic oxidation sites excluding steroid dienone is 1. The summed E-state index contributed by atoms with van der Waals surface area (Å²) in [6.07, 6.45) is 5.73. The van der Waals surface area contributed by atoms with Crippen LogP contribution in [0.15, 0.2) is 11.6 Å². The number of carbonyl (C=O) groups excluding carboxylic acids is 1. The van der Waals surface area contributed by atoms with E-state index in [0.717, 1.165) is 31.3 Å². The number of ether oxygens (including phenoxy) is 2. The summed E-state index contributed by atoms with van der Waals surface area (Å²) in [5, 5.41) is 0. The second kappa shape index (κ2) is 5.91. The summed E-state index contributed by atoms with van der Waals surface area (Å²) < 4.78 is 10.7. The number of rotatable bonds is 3. The van der Waals surface area contributed by atoms with E-state index in [-0.39, 0.29) is 18.2 Å². The lowest BCUT2D eigenvalue weighted by atomic mass is 9.94. The van der Waals surface area contributed by atoms with Gasteiger partial charge in [0.05, 0.1) is 6.10 Å². The molecule has 1 rings (SSSR count). The molecule has 1 aliphatic rings. The third-order valence-corrected chi connectivity index (χ3v) is 2.62. The Morgan fingerprint density at radius 1 is 1.20 bits per heavy atom. The maximum absolute atomic E-state index is 11.4. The summed E-state index contributed by atoms with van der Waals surface area (Å²) in [4.78, 5) is 11.4. The van der Waals surface area contributed by atoms with E-state index in [9.17, 15) is 4.79 Å². The average Bonchev–Trinajstić information content (AvgIpc) is 2.17. The minimum absolute atomic E-state index is 0.0631. The Labute approximate surface area is 91.4 Å². The highest BCUT2D eigenvalue weighted by Crippen LogP contribution is 2.23. The molecule has 0 aromatic rings. The third kappa shape index (κ3) is 4.04. The molecule has 0 radical (unpaired) electrons. The lowest BCUT2D eigenvalue weighted by Gasteiger charge is -2.29. The molecule has 1 saturated carbocycles. The van der Waals surface area contributed by atoms with Crippen LogP contribution in [0.1, 0.15) is 39.5 Å². The predicted octanol–water partition coefficient (Wildman–Crippen LogP) is 2.45. The first-order valence-electron chi connectivity index (χ1n) is 5.52. The van der Waals surface area contributed by atoms with E-state index in [1.54, 1.807) is 7.11 Å². The lowest BCUT2D eigenvalue weighted by molar-refractivity contribution is -0.153. The highest BCUT2D eigenvalue weighted by Gasteiger charge is 2.27. The van der Waals surface area contributed by atoms with E-state index >= 15 is 0 Å². The molecule has 0 N–H and O–H groups in total. The maximum Gasteiger partial charge on any atom is 0.331 e. The number of methoxy groups -OCH3 is 1. The molecule has 0 saturated heterocycles. The summed E-state index contributed by atoms with van der Waals surface area (Å²) in [6, 6.07) is 0. The van der Waals surface area contributed by atoms with Crippen molar-refractivity contribution in [1.82, 2.24) is 0 Å². The molecule has 2 unspecified atom stereocenters. The first-order chi connectivity index (χ1) is 7.13. The molecule has 0 aromatic carbocycles. The zero-order valence-electron chi connectivity index (χ0n) is 9.79. The average molecular weight is 212 g/mol. The number of hydrogen-bond donors (Lipinski definition) is 0. The lowest BCUT2D eigenvalue weighted by Crippen LogP contribution is -2.35. The largest absolute Gasteiger partial charge is 0.456 e. The molecule has 0 aromatic heterocycles. The van der Waals surface area contributed by atoms with Crippen molar-refractivity contribution in [3.8, 4) is 0 Å². The van der Waals surface area contributed by atoms with E-state index in [0.29, 0.717) is 0 Å². The van der Waals surface area contributed by atoms with Gasteiger partial charge in [0, 0.05) is 13.2 Å². The van der Waals surface area contributed by atoms with Crippen LogP contribution in [0.5, 0.6) is 0 Å². The highest BCUT2D eigenvalue weighted by atomic mass is 16.6. The zero-order valence-corrected chi connectivity index (χ0v) is 9.79. The Kier molecular flexibility index (Phi) is 4.82. The van der Waals surface area contributed by atoms with E-state index < -0.39 is 0 Å². The van der Waals surface area contributed by atoms with Crippen LogP contribution < -0.4 is 0 Å². The van der Waals surface area contributed by atoms with Gasteiger partial charge in [-0.25, -0.2) is 4.79 Å². The van der Waals surface area contributed by atoms with Crippen molar-refractivity contribution >= 4 is 5.97 Å². The van der Waals surface area contributed by atoms with Crippen LogP contribution in [0.2, 0.25) is 0 Å². The van der Waals surface area contributed by atoms with Crippen LogP contribution in [0.25, 0.3) is 0 Å².